The van der Waals surface area contributed by atoms with Crippen LogP contribution in [0, 0.1) is 0 Å². The number of carbonyl (C=O) groups is 1. The van der Waals surface area contributed by atoms with Crippen LogP contribution in [-0.4, -0.2) is 49.9 Å². The Morgan fingerprint density at radius 3 is 2.42 bits per heavy atom. The highest BCUT2D eigenvalue weighted by Gasteiger charge is 2.27. The number of nitrogens with one attached hydrogen (secondary N) is 1. The van der Waals surface area contributed by atoms with Crippen LogP contribution in [0.4, 0.5) is 5.69 Å². The Morgan fingerprint density at radius 2 is 1.71 bits per heavy atom. The van der Waals surface area contributed by atoms with E-state index in [1.165, 1.54) is 28.8 Å². The van der Waals surface area contributed by atoms with Crippen molar-refractivity contribution < 1.29 is 22.7 Å². The van der Waals surface area contributed by atoms with E-state index in [0.29, 0.717) is 30.3 Å². The Hall–Kier alpha value is -3.27. The SMILES string of the molecule is O=C(Nc1cc(S(=O)(=O)N2CCOCC2)ccc1Oc1ccccc1)c1ccncc1. The van der Waals surface area contributed by atoms with Gasteiger partial charge in [-0.1, -0.05) is 18.2 Å². The van der Waals surface area contributed by atoms with Gasteiger partial charge in [-0.05, 0) is 42.5 Å². The highest BCUT2D eigenvalue weighted by Crippen LogP contribution is 2.33. The van der Waals surface area contributed by atoms with Gasteiger partial charge in [0, 0.05) is 31.0 Å². The van der Waals surface area contributed by atoms with Crippen LogP contribution in [0.3, 0.4) is 0 Å². The van der Waals surface area contributed by atoms with E-state index in [2.05, 4.69) is 10.3 Å². The van der Waals surface area contributed by atoms with Gasteiger partial charge in [0.05, 0.1) is 23.8 Å². The van der Waals surface area contributed by atoms with Crippen LogP contribution in [0.2, 0.25) is 0 Å². The molecule has 1 N–H and O–H groups in total. The van der Waals surface area contributed by atoms with Crippen LogP contribution in [0.5, 0.6) is 11.5 Å². The Labute approximate surface area is 180 Å². The Bertz CT molecular complexity index is 1150. The number of benzene rings is 2. The average molecular weight is 439 g/mol. The molecule has 1 fully saturated rings. The summed E-state index contributed by atoms with van der Waals surface area (Å²) in [5.74, 6) is 0.487. The second kappa shape index (κ2) is 9.25. The van der Waals surface area contributed by atoms with Crippen molar-refractivity contribution in [1.82, 2.24) is 9.29 Å². The predicted molar refractivity (Wildman–Crippen MR) is 115 cm³/mol. The highest BCUT2D eigenvalue weighted by molar-refractivity contribution is 7.89. The topological polar surface area (TPSA) is 97.8 Å². The number of nitrogens with zero attached hydrogens (tertiary/aromatic N) is 2. The predicted octanol–water partition coefficient (Wildman–Crippen LogP) is 3.15. The molecule has 9 heteroatoms. The van der Waals surface area contributed by atoms with Crippen LogP contribution in [0.15, 0.2) is 78.0 Å². The molecule has 160 valence electrons. The third-order valence-electron chi connectivity index (χ3n) is 4.72. The van der Waals surface area contributed by atoms with Gasteiger partial charge < -0.3 is 14.8 Å². The number of pyridine rings is 1. The zero-order valence-corrected chi connectivity index (χ0v) is 17.4. The molecule has 0 aliphatic carbocycles. The minimum absolute atomic E-state index is 0.0693. The fourth-order valence-corrected chi connectivity index (χ4v) is 4.54. The summed E-state index contributed by atoms with van der Waals surface area (Å²) in [7, 11) is -3.74. The molecule has 0 radical (unpaired) electrons. The van der Waals surface area contributed by atoms with Crippen molar-refractivity contribution in [2.75, 3.05) is 31.6 Å². The number of hydrogen-bond donors (Lipinski definition) is 1. The minimum Gasteiger partial charge on any atom is -0.455 e. The van der Waals surface area contributed by atoms with Gasteiger partial charge in [0.15, 0.2) is 5.75 Å². The molecular formula is C22H21N3O5S. The number of morpholine rings is 1. The molecular weight excluding hydrogens is 418 g/mol. The number of hydrogen-bond acceptors (Lipinski definition) is 6. The molecule has 1 aromatic heterocycles. The largest absolute Gasteiger partial charge is 0.455 e. The summed E-state index contributed by atoms with van der Waals surface area (Å²) >= 11 is 0. The first kappa shape index (κ1) is 21.0. The van der Waals surface area contributed by atoms with Crippen molar-refractivity contribution in [3.8, 4) is 11.5 Å². The maximum Gasteiger partial charge on any atom is 0.255 e. The molecule has 1 saturated heterocycles. The average Bonchev–Trinajstić information content (AvgIpc) is 2.82. The van der Waals surface area contributed by atoms with Crippen LogP contribution in [-0.2, 0) is 14.8 Å². The summed E-state index contributed by atoms with van der Waals surface area (Å²) in [6.07, 6.45) is 3.02. The number of anilines is 1. The molecule has 0 spiro atoms. The molecule has 0 saturated carbocycles. The van der Waals surface area contributed by atoms with Gasteiger partial charge in [0.1, 0.15) is 5.75 Å². The van der Waals surface area contributed by atoms with E-state index >= 15 is 0 Å². The molecule has 1 amide bonds. The fourth-order valence-electron chi connectivity index (χ4n) is 3.11. The van der Waals surface area contributed by atoms with E-state index in [4.69, 9.17) is 9.47 Å². The maximum atomic E-state index is 13.1. The standard InChI is InChI=1S/C22H21N3O5S/c26-22(17-8-10-23-11-9-17)24-20-16-19(31(27,28)25-12-14-29-15-13-25)6-7-21(20)30-18-4-2-1-3-5-18/h1-11,16H,12-15H2,(H,24,26). The van der Waals surface area contributed by atoms with Crippen molar-refractivity contribution in [2.24, 2.45) is 0 Å². The van der Waals surface area contributed by atoms with Gasteiger partial charge in [-0.3, -0.25) is 9.78 Å². The highest BCUT2D eigenvalue weighted by atomic mass is 32.2. The fraction of sp³-hybridized carbons (Fsp3) is 0.182. The summed E-state index contributed by atoms with van der Waals surface area (Å²) in [6.45, 7) is 1.26. The molecule has 8 nitrogen and oxygen atoms in total. The number of rotatable bonds is 6. The quantitative estimate of drug-likeness (QED) is 0.634. The molecule has 1 aliphatic heterocycles. The van der Waals surface area contributed by atoms with E-state index in [1.807, 2.05) is 18.2 Å². The Kier molecular flexibility index (Phi) is 6.26. The second-order valence-electron chi connectivity index (χ2n) is 6.78. The first-order valence-electron chi connectivity index (χ1n) is 9.70. The number of carbonyl (C=O) groups excluding carboxylic acids is 1. The summed E-state index contributed by atoms with van der Waals surface area (Å²) in [5.41, 5.74) is 0.641. The molecule has 0 unspecified atom stereocenters. The molecule has 4 rings (SSSR count). The van der Waals surface area contributed by atoms with Gasteiger partial charge in [-0.15, -0.1) is 0 Å². The first-order valence-corrected chi connectivity index (χ1v) is 11.1. The molecule has 2 heterocycles. The van der Waals surface area contributed by atoms with Crippen molar-refractivity contribution >= 4 is 21.6 Å². The van der Waals surface area contributed by atoms with Gasteiger partial charge >= 0.3 is 0 Å². The summed E-state index contributed by atoms with van der Waals surface area (Å²) in [5, 5.41) is 2.76. The van der Waals surface area contributed by atoms with Crippen molar-refractivity contribution in [3.05, 3.63) is 78.6 Å². The number of ether oxygens (including phenoxy) is 2. The van der Waals surface area contributed by atoms with E-state index in [-0.39, 0.29) is 23.7 Å². The summed E-state index contributed by atoms with van der Waals surface area (Å²) in [6, 6.07) is 16.6. The Morgan fingerprint density at radius 1 is 1.00 bits per heavy atom. The molecule has 0 bridgehead atoms. The van der Waals surface area contributed by atoms with Crippen molar-refractivity contribution in [1.29, 1.82) is 0 Å². The summed E-state index contributed by atoms with van der Waals surface area (Å²) in [4.78, 5) is 16.7. The third kappa shape index (κ3) is 4.91. The Balaban J connectivity index is 1.69. The second-order valence-corrected chi connectivity index (χ2v) is 8.72. The number of para-hydroxylation sites is 1. The number of aromatic nitrogens is 1. The molecule has 3 aromatic rings. The normalized spacial score (nSPS) is 14.7. The lowest BCUT2D eigenvalue weighted by Crippen LogP contribution is -2.40. The zero-order chi connectivity index (χ0) is 21.7. The lowest BCUT2D eigenvalue weighted by atomic mass is 10.2. The zero-order valence-electron chi connectivity index (χ0n) is 16.6. The van der Waals surface area contributed by atoms with Crippen LogP contribution < -0.4 is 10.1 Å². The van der Waals surface area contributed by atoms with Gasteiger partial charge in [0.2, 0.25) is 10.0 Å². The van der Waals surface area contributed by atoms with Crippen LogP contribution >= 0.6 is 0 Å². The molecule has 2 aromatic carbocycles. The molecule has 31 heavy (non-hydrogen) atoms. The van der Waals surface area contributed by atoms with E-state index < -0.39 is 15.9 Å². The van der Waals surface area contributed by atoms with E-state index in [0.717, 1.165) is 0 Å². The summed E-state index contributed by atoms with van der Waals surface area (Å²) < 4.78 is 38.7. The van der Waals surface area contributed by atoms with Crippen molar-refractivity contribution in [2.45, 2.75) is 4.90 Å². The van der Waals surface area contributed by atoms with Crippen LogP contribution in [0.1, 0.15) is 10.4 Å². The van der Waals surface area contributed by atoms with Crippen LogP contribution in [0.25, 0.3) is 0 Å². The molecule has 1 aliphatic rings. The van der Waals surface area contributed by atoms with Gasteiger partial charge in [-0.25, -0.2) is 8.42 Å². The molecule has 0 atom stereocenters. The minimum atomic E-state index is -3.74. The van der Waals surface area contributed by atoms with Gasteiger partial charge in [0.25, 0.3) is 5.91 Å². The first-order chi connectivity index (χ1) is 15.0. The third-order valence-corrected chi connectivity index (χ3v) is 6.62. The monoisotopic (exact) mass is 439 g/mol. The lowest BCUT2D eigenvalue weighted by Gasteiger charge is -2.26. The van der Waals surface area contributed by atoms with Crippen molar-refractivity contribution in [3.63, 3.8) is 0 Å². The maximum absolute atomic E-state index is 13.1. The smallest absolute Gasteiger partial charge is 0.255 e. The van der Waals surface area contributed by atoms with E-state index in [1.54, 1.807) is 30.3 Å². The number of sulfonamides is 1. The van der Waals surface area contributed by atoms with Gasteiger partial charge in [-0.2, -0.15) is 4.31 Å². The lowest BCUT2D eigenvalue weighted by molar-refractivity contribution is 0.0730. The number of amides is 1. The van der Waals surface area contributed by atoms with E-state index in [9.17, 15) is 13.2 Å².